The lowest BCUT2D eigenvalue weighted by molar-refractivity contribution is -0.510. The van der Waals surface area contributed by atoms with Crippen LogP contribution >= 0.6 is 0 Å². The van der Waals surface area contributed by atoms with E-state index >= 15 is 0 Å². The molecular formula is C13H26O7Si2. The second-order valence-corrected chi connectivity index (χ2v) is 5.02. The monoisotopic (exact) mass is 350 g/mol. The summed E-state index contributed by atoms with van der Waals surface area (Å²) < 4.78 is 38.2. The van der Waals surface area contributed by atoms with Gasteiger partial charge >= 0.3 is 11.8 Å². The fourth-order valence-electron chi connectivity index (χ4n) is 2.58. The maximum Gasteiger partial charge on any atom is 0.326 e. The lowest BCUT2D eigenvalue weighted by Gasteiger charge is -2.52. The summed E-state index contributed by atoms with van der Waals surface area (Å²) in [5.41, 5.74) is 0. The van der Waals surface area contributed by atoms with Crippen molar-refractivity contribution in [2.75, 3.05) is 35.5 Å². The summed E-state index contributed by atoms with van der Waals surface area (Å²) in [6, 6.07) is 0. The van der Waals surface area contributed by atoms with Crippen LogP contribution in [0.2, 0.25) is 0 Å². The van der Waals surface area contributed by atoms with Crippen molar-refractivity contribution in [2.24, 2.45) is 0 Å². The van der Waals surface area contributed by atoms with Crippen molar-refractivity contribution in [3.05, 3.63) is 0 Å². The van der Waals surface area contributed by atoms with Gasteiger partial charge in [-0.3, -0.25) is 0 Å². The highest BCUT2D eigenvalue weighted by Crippen LogP contribution is 2.45. The van der Waals surface area contributed by atoms with Crippen molar-refractivity contribution in [2.45, 2.75) is 50.2 Å². The normalized spacial score (nSPS) is 13.6. The van der Waals surface area contributed by atoms with Crippen LogP contribution in [0.5, 0.6) is 0 Å². The molecule has 0 aromatic carbocycles. The van der Waals surface area contributed by atoms with Crippen LogP contribution < -0.4 is 0 Å². The predicted molar refractivity (Wildman–Crippen MR) is 81.1 cm³/mol. The molecule has 0 aromatic heterocycles. The van der Waals surface area contributed by atoms with Gasteiger partial charge in [0.25, 0.3) is 21.0 Å². The van der Waals surface area contributed by atoms with Crippen molar-refractivity contribution >= 4 is 21.0 Å². The van der Waals surface area contributed by atoms with Gasteiger partial charge in [-0.1, -0.05) is 19.8 Å². The van der Waals surface area contributed by atoms with Crippen molar-refractivity contribution in [3.8, 4) is 0 Å². The number of hydrogen-bond acceptors (Lipinski definition) is 7. The molecule has 9 heteroatoms. The zero-order valence-electron chi connectivity index (χ0n) is 14.2. The predicted octanol–water partition coefficient (Wildman–Crippen LogP) is 1.05. The third-order valence-corrected chi connectivity index (χ3v) is 4.32. The first-order valence-corrected chi connectivity index (χ1v) is 7.76. The Morgan fingerprint density at radius 3 is 1.50 bits per heavy atom. The molecule has 0 bridgehead atoms. The molecule has 0 aromatic rings. The topological polar surface area (TPSA) is 64.6 Å². The molecule has 128 valence electrons. The van der Waals surface area contributed by atoms with Crippen LogP contribution in [0, 0.1) is 0 Å². The molecule has 0 aliphatic rings. The minimum absolute atomic E-state index is 0.464. The third-order valence-electron chi connectivity index (χ3n) is 3.79. The molecule has 0 aliphatic carbocycles. The van der Waals surface area contributed by atoms with Crippen LogP contribution in [0.3, 0.4) is 0 Å². The van der Waals surface area contributed by atoms with E-state index in [0.29, 0.717) is 6.42 Å². The molecule has 0 saturated carbocycles. The van der Waals surface area contributed by atoms with E-state index in [2.05, 4.69) is 27.9 Å². The molecule has 6 radical (unpaired) electrons. The van der Waals surface area contributed by atoms with Gasteiger partial charge in [0.1, 0.15) is 0 Å². The molecule has 0 N–H and O–H groups in total. The van der Waals surface area contributed by atoms with Crippen LogP contribution in [0.4, 0.5) is 0 Å². The average molecular weight is 351 g/mol. The molecule has 0 spiro atoms. The summed E-state index contributed by atoms with van der Waals surface area (Å²) in [7, 11) is 13.1. The quantitative estimate of drug-likeness (QED) is 0.279. The van der Waals surface area contributed by atoms with E-state index in [4.69, 9.17) is 32.5 Å². The molecule has 0 rings (SSSR count). The van der Waals surface area contributed by atoms with Gasteiger partial charge in [0.05, 0.1) is 0 Å². The van der Waals surface area contributed by atoms with Gasteiger partial charge in [-0.25, -0.2) is 0 Å². The molecule has 0 heterocycles. The van der Waals surface area contributed by atoms with Crippen molar-refractivity contribution in [1.29, 1.82) is 0 Å². The number of ether oxygens (including phenoxy) is 5. The lowest BCUT2D eigenvalue weighted by atomic mass is 9.95. The summed E-state index contributed by atoms with van der Waals surface area (Å²) in [6.07, 6.45) is 3.30. The zero-order valence-corrected chi connectivity index (χ0v) is 16.2. The Morgan fingerprint density at radius 1 is 0.727 bits per heavy atom. The first kappa shape index (κ1) is 22.2. The lowest BCUT2D eigenvalue weighted by Crippen LogP contribution is -2.73. The van der Waals surface area contributed by atoms with Gasteiger partial charge in [-0.2, -0.15) is 0 Å². The Hall–Kier alpha value is 0.154. The molecular weight excluding hydrogens is 324 g/mol. The first-order valence-electron chi connectivity index (χ1n) is 6.94. The van der Waals surface area contributed by atoms with Crippen molar-refractivity contribution in [3.63, 3.8) is 0 Å². The van der Waals surface area contributed by atoms with Gasteiger partial charge < -0.3 is 32.5 Å². The Bertz CT molecular complexity index is 284. The minimum Gasteiger partial charge on any atom is -0.367 e. The van der Waals surface area contributed by atoms with Gasteiger partial charge in [0.15, 0.2) is 0 Å². The number of unbranched alkanes of at least 4 members (excludes halogenated alkanes) is 2. The van der Waals surface area contributed by atoms with Gasteiger partial charge in [-0.05, 0) is 6.42 Å². The maximum atomic E-state index is 5.64. The SMILES string of the molecule is CCCCCC(OC)(OC)C(OC)(OC)C(OC)(O[Si])O[Si]. The zero-order chi connectivity index (χ0) is 17.3. The molecule has 7 nitrogen and oxygen atoms in total. The standard InChI is InChI=1S/C13H26O7Si2/c1-7-8-9-10-11(14-2,15-3)12(16-4,17-5)13(18-6,19-21)20-22/h7-10H2,1-6H3. The Kier molecular flexibility index (Phi) is 10.2. The summed E-state index contributed by atoms with van der Waals surface area (Å²) in [4.78, 5) is 0. The van der Waals surface area contributed by atoms with E-state index in [1.165, 1.54) is 35.5 Å². The van der Waals surface area contributed by atoms with Crippen molar-refractivity contribution in [1.82, 2.24) is 0 Å². The fourth-order valence-corrected chi connectivity index (χ4v) is 3.18. The second kappa shape index (κ2) is 10.1. The molecule has 0 saturated heterocycles. The van der Waals surface area contributed by atoms with Crippen LogP contribution in [-0.2, 0) is 32.5 Å². The fraction of sp³-hybridized carbons (Fsp3) is 1.00. The Labute approximate surface area is 140 Å². The molecule has 22 heavy (non-hydrogen) atoms. The smallest absolute Gasteiger partial charge is 0.326 e. The summed E-state index contributed by atoms with van der Waals surface area (Å²) >= 11 is 0. The Morgan fingerprint density at radius 2 is 1.23 bits per heavy atom. The summed E-state index contributed by atoms with van der Waals surface area (Å²) in [5, 5.41) is 0. The van der Waals surface area contributed by atoms with Crippen molar-refractivity contribution < 1.29 is 32.5 Å². The first-order chi connectivity index (χ1) is 10.5. The van der Waals surface area contributed by atoms with E-state index in [1.54, 1.807) is 0 Å². The van der Waals surface area contributed by atoms with E-state index in [-0.39, 0.29) is 0 Å². The molecule has 0 aliphatic heterocycles. The molecule has 0 atom stereocenters. The van der Waals surface area contributed by atoms with Gasteiger partial charge in [-0.15, -0.1) is 0 Å². The minimum atomic E-state index is -1.84. The summed E-state index contributed by atoms with van der Waals surface area (Å²) in [6.45, 7) is 2.10. The summed E-state index contributed by atoms with van der Waals surface area (Å²) in [5.74, 6) is -4.89. The third kappa shape index (κ3) is 3.63. The van der Waals surface area contributed by atoms with E-state index in [0.717, 1.165) is 19.3 Å². The average Bonchev–Trinajstić information content (AvgIpc) is 2.58. The van der Waals surface area contributed by atoms with E-state index in [1.807, 2.05) is 0 Å². The van der Waals surface area contributed by atoms with E-state index in [9.17, 15) is 0 Å². The molecule has 0 fully saturated rings. The van der Waals surface area contributed by atoms with Crippen LogP contribution in [0.15, 0.2) is 0 Å². The van der Waals surface area contributed by atoms with Crippen LogP contribution in [-0.4, -0.2) is 74.1 Å². The van der Waals surface area contributed by atoms with Gasteiger partial charge in [0.2, 0.25) is 5.79 Å². The molecule has 0 amide bonds. The van der Waals surface area contributed by atoms with E-state index < -0.39 is 17.5 Å². The largest absolute Gasteiger partial charge is 0.367 e. The van der Waals surface area contributed by atoms with Crippen LogP contribution in [0.1, 0.15) is 32.6 Å². The Balaban J connectivity index is 5.99. The molecule has 0 unspecified atom stereocenters. The number of hydrogen-bond donors (Lipinski definition) is 0. The van der Waals surface area contributed by atoms with Crippen LogP contribution in [0.25, 0.3) is 0 Å². The maximum absolute atomic E-state index is 5.64. The highest BCUT2D eigenvalue weighted by molar-refractivity contribution is 6.00. The highest BCUT2D eigenvalue weighted by atomic mass is 28.2. The number of methoxy groups -OCH3 is 5. The highest BCUT2D eigenvalue weighted by Gasteiger charge is 2.69. The number of rotatable bonds is 13. The second-order valence-electron chi connectivity index (χ2n) is 4.61. The van der Waals surface area contributed by atoms with Gasteiger partial charge in [0, 0.05) is 42.0 Å².